The van der Waals surface area contributed by atoms with Gasteiger partial charge >= 0.3 is 11.9 Å². The quantitative estimate of drug-likeness (QED) is 0.0342. The Morgan fingerprint density at radius 2 is 0.759 bits per heavy atom. The van der Waals surface area contributed by atoms with Gasteiger partial charge < -0.3 is 28.6 Å². The standard InChI is InChI=1S/C50H97NO7/c1-6-8-10-12-14-16-18-20-22-24-25-27-28-30-32-34-36-38-40-48(52)57-45-46(44-56-43-42-47(50(54)55)51(3,4)5)58-49(53)41-39-37-35-33-31-29-26-23-21-19-17-15-13-11-9-7-2/h46-47H,6-45H2,1-5H3. The van der Waals surface area contributed by atoms with Crippen molar-refractivity contribution in [3.63, 3.8) is 0 Å². The zero-order valence-electron chi connectivity index (χ0n) is 39.2. The summed E-state index contributed by atoms with van der Waals surface area (Å²) in [5, 5.41) is 11.6. The molecule has 58 heavy (non-hydrogen) atoms. The van der Waals surface area contributed by atoms with E-state index in [-0.39, 0.29) is 42.7 Å². The molecular formula is C50H97NO7. The predicted octanol–water partition coefficient (Wildman–Crippen LogP) is 12.8. The van der Waals surface area contributed by atoms with Gasteiger partial charge in [0.05, 0.1) is 40.3 Å². The summed E-state index contributed by atoms with van der Waals surface area (Å²) in [5.41, 5.74) is 0. The van der Waals surface area contributed by atoms with E-state index < -0.39 is 18.1 Å². The van der Waals surface area contributed by atoms with Crippen molar-refractivity contribution in [1.82, 2.24) is 0 Å². The molecule has 0 amide bonds. The number of rotatable bonds is 46. The van der Waals surface area contributed by atoms with E-state index in [0.717, 1.165) is 38.5 Å². The summed E-state index contributed by atoms with van der Waals surface area (Å²) in [6.45, 7) is 4.72. The molecule has 8 nitrogen and oxygen atoms in total. The van der Waals surface area contributed by atoms with Crippen molar-refractivity contribution >= 4 is 17.9 Å². The Morgan fingerprint density at radius 3 is 1.07 bits per heavy atom. The monoisotopic (exact) mass is 824 g/mol. The summed E-state index contributed by atoms with van der Waals surface area (Å²) in [7, 11) is 5.43. The van der Waals surface area contributed by atoms with Gasteiger partial charge in [-0.05, 0) is 12.8 Å². The second-order valence-corrected chi connectivity index (χ2v) is 18.4. The third kappa shape index (κ3) is 39.8. The van der Waals surface area contributed by atoms with Gasteiger partial charge in [0.2, 0.25) is 0 Å². The Hall–Kier alpha value is -1.67. The van der Waals surface area contributed by atoms with E-state index in [1.807, 2.05) is 21.1 Å². The van der Waals surface area contributed by atoms with Crippen molar-refractivity contribution in [2.45, 2.75) is 264 Å². The minimum Gasteiger partial charge on any atom is -0.544 e. The van der Waals surface area contributed by atoms with E-state index >= 15 is 0 Å². The van der Waals surface area contributed by atoms with Gasteiger partial charge in [0.1, 0.15) is 12.6 Å². The first-order chi connectivity index (χ1) is 28.1. The molecule has 0 bridgehead atoms. The molecule has 0 rings (SSSR count). The normalized spacial score (nSPS) is 12.8. The number of hydrogen-bond acceptors (Lipinski definition) is 7. The molecule has 0 aliphatic carbocycles. The number of esters is 2. The van der Waals surface area contributed by atoms with Gasteiger partial charge in [-0.2, -0.15) is 0 Å². The first-order valence-electron chi connectivity index (χ1n) is 25.1. The molecule has 0 heterocycles. The molecule has 0 aliphatic heterocycles. The van der Waals surface area contributed by atoms with E-state index in [4.69, 9.17) is 14.2 Å². The number of quaternary nitrogens is 1. The van der Waals surface area contributed by atoms with Crippen molar-refractivity contribution in [3.05, 3.63) is 0 Å². The number of carboxylic acids is 1. The zero-order valence-corrected chi connectivity index (χ0v) is 39.2. The summed E-state index contributed by atoms with van der Waals surface area (Å²) >= 11 is 0. The van der Waals surface area contributed by atoms with Crippen LogP contribution in [0.3, 0.4) is 0 Å². The minimum atomic E-state index is -1.12. The fourth-order valence-corrected chi connectivity index (χ4v) is 7.84. The smallest absolute Gasteiger partial charge is 0.306 e. The number of nitrogens with zero attached hydrogens (tertiary/aromatic N) is 1. The predicted molar refractivity (Wildman–Crippen MR) is 241 cm³/mol. The van der Waals surface area contributed by atoms with Crippen molar-refractivity contribution in [2.75, 3.05) is 41.0 Å². The third-order valence-corrected chi connectivity index (χ3v) is 11.7. The van der Waals surface area contributed by atoms with Crippen molar-refractivity contribution in [1.29, 1.82) is 0 Å². The van der Waals surface area contributed by atoms with Crippen LogP contribution >= 0.6 is 0 Å². The molecular weight excluding hydrogens is 727 g/mol. The molecule has 0 N–H and O–H groups in total. The summed E-state index contributed by atoms with van der Waals surface area (Å²) in [4.78, 5) is 37.0. The lowest BCUT2D eigenvalue weighted by atomic mass is 10.0. The lowest BCUT2D eigenvalue weighted by Crippen LogP contribution is -2.55. The molecule has 0 radical (unpaired) electrons. The maximum Gasteiger partial charge on any atom is 0.306 e. The summed E-state index contributed by atoms with van der Waals surface area (Å²) < 4.78 is 17.2. The van der Waals surface area contributed by atoms with E-state index in [1.165, 1.54) is 180 Å². The highest BCUT2D eigenvalue weighted by Gasteiger charge is 2.25. The number of carbonyl (C=O) groups is 3. The van der Waals surface area contributed by atoms with Crippen LogP contribution in [0.4, 0.5) is 0 Å². The molecule has 8 heteroatoms. The average molecular weight is 824 g/mol. The van der Waals surface area contributed by atoms with E-state index in [9.17, 15) is 19.5 Å². The van der Waals surface area contributed by atoms with Gasteiger partial charge in [0.25, 0.3) is 0 Å². The zero-order chi connectivity index (χ0) is 42.8. The highest BCUT2D eigenvalue weighted by molar-refractivity contribution is 5.70. The largest absolute Gasteiger partial charge is 0.544 e. The van der Waals surface area contributed by atoms with E-state index in [2.05, 4.69) is 13.8 Å². The fraction of sp³-hybridized carbons (Fsp3) is 0.940. The van der Waals surface area contributed by atoms with Crippen LogP contribution in [0.15, 0.2) is 0 Å². The van der Waals surface area contributed by atoms with Gasteiger partial charge in [-0.25, -0.2) is 0 Å². The van der Waals surface area contributed by atoms with Crippen LogP contribution < -0.4 is 5.11 Å². The van der Waals surface area contributed by atoms with Crippen molar-refractivity contribution in [3.8, 4) is 0 Å². The Labute approximate surface area is 359 Å². The Balaban J connectivity index is 4.21. The average Bonchev–Trinajstić information content (AvgIpc) is 3.18. The second-order valence-electron chi connectivity index (χ2n) is 18.4. The molecule has 0 fully saturated rings. The topological polar surface area (TPSA) is 102 Å². The van der Waals surface area contributed by atoms with Crippen LogP contribution in [0.1, 0.15) is 251 Å². The van der Waals surface area contributed by atoms with E-state index in [1.54, 1.807) is 0 Å². The Morgan fingerprint density at radius 1 is 0.448 bits per heavy atom. The molecule has 0 aliphatic rings. The maximum atomic E-state index is 12.8. The van der Waals surface area contributed by atoms with Gasteiger partial charge in [-0.3, -0.25) is 9.59 Å². The SMILES string of the molecule is CCCCCCCCCCCCCCCCCCCCC(=O)OCC(COCCC(C(=O)[O-])[N+](C)(C)C)OC(=O)CCCCCCCCCCCCCCCCCC. The van der Waals surface area contributed by atoms with Crippen molar-refractivity contribution in [2.24, 2.45) is 0 Å². The van der Waals surface area contributed by atoms with Gasteiger partial charge in [0, 0.05) is 19.3 Å². The van der Waals surface area contributed by atoms with E-state index in [0.29, 0.717) is 12.8 Å². The molecule has 0 spiro atoms. The van der Waals surface area contributed by atoms with Gasteiger partial charge in [-0.1, -0.05) is 219 Å². The lowest BCUT2D eigenvalue weighted by Gasteiger charge is -2.34. The highest BCUT2D eigenvalue weighted by Crippen LogP contribution is 2.17. The molecule has 0 aromatic rings. The van der Waals surface area contributed by atoms with Crippen LogP contribution in [-0.4, -0.2) is 75.5 Å². The summed E-state index contributed by atoms with van der Waals surface area (Å²) in [6.07, 6.45) is 44.1. The highest BCUT2D eigenvalue weighted by atomic mass is 16.6. The second kappa shape index (κ2) is 42.0. The summed E-state index contributed by atoms with van der Waals surface area (Å²) in [6, 6.07) is -0.719. The fourth-order valence-electron chi connectivity index (χ4n) is 7.84. The Kier molecular flexibility index (Phi) is 40.8. The van der Waals surface area contributed by atoms with Crippen LogP contribution in [0.5, 0.6) is 0 Å². The molecule has 2 atom stereocenters. The third-order valence-electron chi connectivity index (χ3n) is 11.7. The van der Waals surface area contributed by atoms with Crippen LogP contribution in [0.25, 0.3) is 0 Å². The number of hydrogen-bond donors (Lipinski definition) is 0. The molecule has 0 saturated carbocycles. The number of likely N-dealkylation sites (N-methyl/N-ethyl adjacent to an activating group) is 1. The lowest BCUT2D eigenvalue weighted by molar-refractivity contribution is -0.889. The first kappa shape index (κ1) is 56.3. The van der Waals surface area contributed by atoms with Crippen LogP contribution in [-0.2, 0) is 28.6 Å². The number of carboxylic acid groups (broad SMARTS) is 1. The molecule has 2 unspecified atom stereocenters. The maximum absolute atomic E-state index is 12.8. The number of ether oxygens (including phenoxy) is 3. The molecule has 0 saturated heterocycles. The number of aliphatic carboxylic acids is 1. The Bertz CT molecular complexity index is 920. The minimum absolute atomic E-state index is 0.0497. The summed E-state index contributed by atoms with van der Waals surface area (Å²) in [5.74, 6) is -1.71. The van der Waals surface area contributed by atoms with Crippen molar-refractivity contribution < 1.29 is 38.2 Å². The van der Waals surface area contributed by atoms with Gasteiger partial charge in [-0.15, -0.1) is 0 Å². The molecule has 0 aromatic heterocycles. The molecule has 0 aromatic carbocycles. The van der Waals surface area contributed by atoms with Crippen LogP contribution in [0.2, 0.25) is 0 Å². The number of carbonyl (C=O) groups excluding carboxylic acids is 3. The first-order valence-corrected chi connectivity index (χ1v) is 25.1. The van der Waals surface area contributed by atoms with Gasteiger partial charge in [0.15, 0.2) is 6.10 Å². The molecule has 344 valence electrons. The van der Waals surface area contributed by atoms with Crippen LogP contribution in [0, 0.1) is 0 Å². The number of unbranched alkanes of at least 4 members (excludes halogenated alkanes) is 32.